The van der Waals surface area contributed by atoms with Gasteiger partial charge in [0.05, 0.1) is 12.0 Å². The molecule has 116 valence electrons. The molecule has 0 bridgehead atoms. The minimum Gasteiger partial charge on any atom is -0.376 e. The monoisotopic (exact) mass is 282 g/mol. The van der Waals surface area contributed by atoms with Crippen LogP contribution in [0.1, 0.15) is 52.9 Å². The van der Waals surface area contributed by atoms with Gasteiger partial charge in [-0.25, -0.2) is 0 Å². The highest BCUT2D eigenvalue weighted by Gasteiger charge is 2.41. The molecule has 1 aliphatic carbocycles. The van der Waals surface area contributed by atoms with E-state index >= 15 is 0 Å². The van der Waals surface area contributed by atoms with E-state index in [2.05, 4.69) is 13.8 Å². The number of hydrogen-bond donors (Lipinski definition) is 1. The summed E-state index contributed by atoms with van der Waals surface area (Å²) < 4.78 is 5.86. The second-order valence-electron chi connectivity index (χ2n) is 7.23. The van der Waals surface area contributed by atoms with Crippen molar-refractivity contribution in [2.75, 3.05) is 19.7 Å². The molecule has 1 saturated heterocycles. The molecule has 4 heteroatoms. The molecule has 3 unspecified atom stereocenters. The summed E-state index contributed by atoms with van der Waals surface area (Å²) in [5.74, 6) is 0.802. The van der Waals surface area contributed by atoms with Crippen molar-refractivity contribution in [1.29, 1.82) is 0 Å². The number of amides is 1. The van der Waals surface area contributed by atoms with Crippen molar-refractivity contribution >= 4 is 5.91 Å². The van der Waals surface area contributed by atoms with Crippen molar-refractivity contribution in [2.24, 2.45) is 17.6 Å². The SMILES string of the molecule is CC(C)COC1CCN(C(=O)C2CCCCC2(C)N)C1. The second kappa shape index (κ2) is 6.44. The van der Waals surface area contributed by atoms with Crippen molar-refractivity contribution in [3.8, 4) is 0 Å². The smallest absolute Gasteiger partial charge is 0.227 e. The fraction of sp³-hybridized carbons (Fsp3) is 0.938. The molecule has 2 N–H and O–H groups in total. The van der Waals surface area contributed by atoms with Crippen LogP contribution in [-0.2, 0) is 9.53 Å². The molecule has 1 saturated carbocycles. The number of nitrogens with zero attached hydrogens (tertiary/aromatic N) is 1. The van der Waals surface area contributed by atoms with Gasteiger partial charge < -0.3 is 15.4 Å². The average molecular weight is 282 g/mol. The van der Waals surface area contributed by atoms with Crippen LogP contribution in [0.25, 0.3) is 0 Å². The van der Waals surface area contributed by atoms with Gasteiger partial charge in [-0.2, -0.15) is 0 Å². The van der Waals surface area contributed by atoms with Crippen LogP contribution in [0.15, 0.2) is 0 Å². The number of hydrogen-bond acceptors (Lipinski definition) is 3. The molecule has 1 amide bonds. The van der Waals surface area contributed by atoms with Gasteiger partial charge in [0.2, 0.25) is 5.91 Å². The summed E-state index contributed by atoms with van der Waals surface area (Å²) in [7, 11) is 0. The maximum absolute atomic E-state index is 12.7. The van der Waals surface area contributed by atoms with Gasteiger partial charge in [0.15, 0.2) is 0 Å². The van der Waals surface area contributed by atoms with Crippen LogP contribution in [0.4, 0.5) is 0 Å². The third kappa shape index (κ3) is 3.73. The van der Waals surface area contributed by atoms with E-state index in [-0.39, 0.29) is 23.5 Å². The van der Waals surface area contributed by atoms with Crippen LogP contribution in [0.3, 0.4) is 0 Å². The van der Waals surface area contributed by atoms with Crippen LogP contribution in [-0.4, -0.2) is 42.1 Å². The molecule has 0 aromatic heterocycles. The highest BCUT2D eigenvalue weighted by molar-refractivity contribution is 5.80. The van der Waals surface area contributed by atoms with Gasteiger partial charge in [0.25, 0.3) is 0 Å². The largest absolute Gasteiger partial charge is 0.376 e. The lowest BCUT2D eigenvalue weighted by atomic mass is 9.74. The third-order valence-corrected chi connectivity index (χ3v) is 4.67. The number of carbonyl (C=O) groups excluding carboxylic acids is 1. The van der Waals surface area contributed by atoms with E-state index in [1.807, 2.05) is 11.8 Å². The maximum atomic E-state index is 12.7. The summed E-state index contributed by atoms with van der Waals surface area (Å²) in [5.41, 5.74) is 6.02. The Balaban J connectivity index is 1.87. The van der Waals surface area contributed by atoms with Gasteiger partial charge in [-0.05, 0) is 32.1 Å². The van der Waals surface area contributed by atoms with Gasteiger partial charge in [0, 0.05) is 25.2 Å². The second-order valence-corrected chi connectivity index (χ2v) is 7.23. The highest BCUT2D eigenvalue weighted by Crippen LogP contribution is 2.33. The molecule has 0 radical (unpaired) electrons. The van der Waals surface area contributed by atoms with Gasteiger partial charge in [-0.1, -0.05) is 26.7 Å². The molecule has 2 fully saturated rings. The Labute approximate surface area is 123 Å². The molecule has 20 heavy (non-hydrogen) atoms. The average Bonchev–Trinajstić information content (AvgIpc) is 2.84. The van der Waals surface area contributed by atoms with Gasteiger partial charge in [-0.3, -0.25) is 4.79 Å². The Morgan fingerprint density at radius 1 is 1.40 bits per heavy atom. The van der Waals surface area contributed by atoms with E-state index in [4.69, 9.17) is 10.5 Å². The molecular weight excluding hydrogens is 252 g/mol. The lowest BCUT2D eigenvalue weighted by Gasteiger charge is -2.39. The minimum absolute atomic E-state index is 0.0000914. The summed E-state index contributed by atoms with van der Waals surface area (Å²) in [4.78, 5) is 14.7. The third-order valence-electron chi connectivity index (χ3n) is 4.67. The fourth-order valence-electron chi connectivity index (χ4n) is 3.38. The van der Waals surface area contributed by atoms with E-state index in [1.54, 1.807) is 0 Å². The van der Waals surface area contributed by atoms with Gasteiger partial charge >= 0.3 is 0 Å². The van der Waals surface area contributed by atoms with Crippen molar-refractivity contribution < 1.29 is 9.53 Å². The molecule has 1 heterocycles. The molecule has 1 aliphatic heterocycles. The first-order valence-corrected chi connectivity index (χ1v) is 8.09. The number of nitrogens with two attached hydrogens (primary N) is 1. The molecule has 0 spiro atoms. The molecule has 2 aliphatic rings. The molecule has 0 aromatic rings. The molecular formula is C16H30N2O2. The molecule has 4 nitrogen and oxygen atoms in total. The van der Waals surface area contributed by atoms with E-state index < -0.39 is 0 Å². The van der Waals surface area contributed by atoms with Crippen molar-refractivity contribution in [3.63, 3.8) is 0 Å². The van der Waals surface area contributed by atoms with Crippen LogP contribution in [0, 0.1) is 11.8 Å². The number of likely N-dealkylation sites (tertiary alicyclic amines) is 1. The number of carbonyl (C=O) groups is 1. The fourth-order valence-corrected chi connectivity index (χ4v) is 3.38. The van der Waals surface area contributed by atoms with E-state index in [9.17, 15) is 4.79 Å². The standard InChI is InChI=1S/C16H30N2O2/c1-12(2)11-20-13-7-9-18(10-13)15(19)14-6-4-5-8-16(14,3)17/h12-14H,4-11,17H2,1-3H3. The van der Waals surface area contributed by atoms with Crippen molar-refractivity contribution in [3.05, 3.63) is 0 Å². The molecule has 0 aromatic carbocycles. The predicted octanol–water partition coefficient (Wildman–Crippen LogP) is 2.17. The maximum Gasteiger partial charge on any atom is 0.227 e. The summed E-state index contributed by atoms with van der Waals surface area (Å²) in [6, 6.07) is 0. The first-order chi connectivity index (χ1) is 9.40. The van der Waals surface area contributed by atoms with E-state index in [0.29, 0.717) is 5.92 Å². The number of ether oxygens (including phenoxy) is 1. The molecule has 3 atom stereocenters. The Bertz CT molecular complexity index is 341. The van der Waals surface area contributed by atoms with Crippen LogP contribution >= 0.6 is 0 Å². The Kier molecular flexibility index (Phi) is 5.08. The van der Waals surface area contributed by atoms with Gasteiger partial charge in [0.1, 0.15) is 0 Å². The highest BCUT2D eigenvalue weighted by atomic mass is 16.5. The van der Waals surface area contributed by atoms with Crippen molar-refractivity contribution in [2.45, 2.75) is 64.5 Å². The van der Waals surface area contributed by atoms with E-state index in [1.165, 1.54) is 0 Å². The Hall–Kier alpha value is -0.610. The number of rotatable bonds is 4. The van der Waals surface area contributed by atoms with Crippen molar-refractivity contribution in [1.82, 2.24) is 4.90 Å². The first-order valence-electron chi connectivity index (χ1n) is 8.09. The lowest BCUT2D eigenvalue weighted by molar-refractivity contribution is -0.138. The summed E-state index contributed by atoms with van der Waals surface area (Å²) in [5, 5.41) is 0. The van der Waals surface area contributed by atoms with E-state index in [0.717, 1.165) is 51.8 Å². The topological polar surface area (TPSA) is 55.6 Å². The summed E-state index contributed by atoms with van der Waals surface area (Å²) in [6.07, 6.45) is 5.37. The van der Waals surface area contributed by atoms with Crippen LogP contribution in [0.5, 0.6) is 0 Å². The Morgan fingerprint density at radius 3 is 2.80 bits per heavy atom. The minimum atomic E-state index is -0.327. The van der Waals surface area contributed by atoms with Gasteiger partial charge in [-0.15, -0.1) is 0 Å². The molecule has 2 rings (SSSR count). The summed E-state index contributed by atoms with van der Waals surface area (Å²) in [6.45, 7) is 8.70. The first kappa shape index (κ1) is 15.8. The predicted molar refractivity (Wildman–Crippen MR) is 80.3 cm³/mol. The summed E-state index contributed by atoms with van der Waals surface area (Å²) >= 11 is 0. The zero-order valence-electron chi connectivity index (χ0n) is 13.2. The quantitative estimate of drug-likeness (QED) is 0.859. The van der Waals surface area contributed by atoms with Crippen LogP contribution < -0.4 is 5.73 Å². The zero-order valence-corrected chi connectivity index (χ0v) is 13.2. The lowest BCUT2D eigenvalue weighted by Crippen LogP contribution is -2.53. The Morgan fingerprint density at radius 2 is 2.15 bits per heavy atom. The van der Waals surface area contributed by atoms with Crippen LogP contribution in [0.2, 0.25) is 0 Å². The zero-order chi connectivity index (χ0) is 14.8. The normalized spacial score (nSPS) is 34.8.